The number of nitrogens with zero attached hydrogens (tertiary/aromatic N) is 4. The maximum Gasteiger partial charge on any atom is 0.0967 e. The van der Waals surface area contributed by atoms with E-state index in [2.05, 4.69) is 22.1 Å². The molecule has 1 aliphatic heterocycles. The second kappa shape index (κ2) is 4.93. The Hall–Kier alpha value is -0.940. The summed E-state index contributed by atoms with van der Waals surface area (Å²) < 4.78 is 1.75. The standard InChI is InChI=1S/C11H21N5/c1-3-9-6-16(5-4-11(9)12)8-10-7-15(2)14-13-10/h7,9,11H,3-6,8,12H2,1-2H3. The van der Waals surface area contributed by atoms with E-state index in [0.29, 0.717) is 12.0 Å². The molecule has 2 N–H and O–H groups in total. The third kappa shape index (κ3) is 2.59. The summed E-state index contributed by atoms with van der Waals surface area (Å²) in [6.07, 6.45) is 4.24. The minimum atomic E-state index is 0.378. The maximum atomic E-state index is 6.09. The highest BCUT2D eigenvalue weighted by Crippen LogP contribution is 2.19. The largest absolute Gasteiger partial charge is 0.327 e. The minimum Gasteiger partial charge on any atom is -0.327 e. The number of aryl methyl sites for hydroxylation is 1. The van der Waals surface area contributed by atoms with Gasteiger partial charge in [-0.3, -0.25) is 9.58 Å². The van der Waals surface area contributed by atoms with E-state index in [9.17, 15) is 0 Å². The average Bonchev–Trinajstić information content (AvgIpc) is 2.67. The number of hydrogen-bond donors (Lipinski definition) is 1. The van der Waals surface area contributed by atoms with E-state index in [1.807, 2.05) is 13.2 Å². The SMILES string of the molecule is CCC1CN(Cc2cn(C)nn2)CCC1N. The van der Waals surface area contributed by atoms with E-state index in [-0.39, 0.29) is 0 Å². The predicted molar refractivity (Wildman–Crippen MR) is 62.7 cm³/mol. The Morgan fingerprint density at radius 3 is 3.00 bits per heavy atom. The third-order valence-electron chi connectivity index (χ3n) is 3.44. The topological polar surface area (TPSA) is 60.0 Å². The van der Waals surface area contributed by atoms with Gasteiger partial charge in [0.1, 0.15) is 0 Å². The van der Waals surface area contributed by atoms with Gasteiger partial charge in [-0.1, -0.05) is 18.6 Å². The van der Waals surface area contributed by atoms with E-state index in [0.717, 1.165) is 38.2 Å². The zero-order chi connectivity index (χ0) is 11.5. The second-order valence-corrected chi connectivity index (χ2v) is 4.74. The van der Waals surface area contributed by atoms with Gasteiger partial charge in [-0.15, -0.1) is 5.10 Å². The van der Waals surface area contributed by atoms with E-state index >= 15 is 0 Å². The molecule has 2 heterocycles. The van der Waals surface area contributed by atoms with Crippen LogP contribution in [0.3, 0.4) is 0 Å². The summed E-state index contributed by atoms with van der Waals surface area (Å²) in [4.78, 5) is 2.43. The number of piperidine rings is 1. The molecular weight excluding hydrogens is 202 g/mol. The molecule has 0 radical (unpaired) electrons. The molecule has 0 aromatic carbocycles. The predicted octanol–water partition coefficient (Wildman–Crippen LogP) is 0.374. The van der Waals surface area contributed by atoms with Gasteiger partial charge in [0.25, 0.3) is 0 Å². The molecule has 0 bridgehead atoms. The van der Waals surface area contributed by atoms with Crippen molar-refractivity contribution in [2.45, 2.75) is 32.4 Å². The molecule has 1 aromatic heterocycles. The molecule has 1 aliphatic rings. The number of likely N-dealkylation sites (tertiary alicyclic amines) is 1. The van der Waals surface area contributed by atoms with Crippen molar-refractivity contribution >= 4 is 0 Å². The van der Waals surface area contributed by atoms with Crippen molar-refractivity contribution in [2.75, 3.05) is 13.1 Å². The van der Waals surface area contributed by atoms with E-state index in [1.54, 1.807) is 4.68 Å². The Bertz CT molecular complexity index is 335. The third-order valence-corrected chi connectivity index (χ3v) is 3.44. The lowest BCUT2D eigenvalue weighted by molar-refractivity contribution is 0.144. The van der Waals surface area contributed by atoms with E-state index in [1.165, 1.54) is 0 Å². The van der Waals surface area contributed by atoms with Gasteiger partial charge >= 0.3 is 0 Å². The van der Waals surface area contributed by atoms with Gasteiger partial charge in [0.05, 0.1) is 5.69 Å². The highest BCUT2D eigenvalue weighted by Gasteiger charge is 2.25. The lowest BCUT2D eigenvalue weighted by Crippen LogP contribution is -2.46. The summed E-state index contributed by atoms with van der Waals surface area (Å²) in [5.41, 5.74) is 7.14. The van der Waals surface area contributed by atoms with Gasteiger partial charge in [0.15, 0.2) is 0 Å². The molecule has 0 saturated carbocycles. The first-order chi connectivity index (χ1) is 7.69. The van der Waals surface area contributed by atoms with Crippen LogP contribution < -0.4 is 5.73 Å². The molecule has 2 rings (SSSR count). The number of nitrogens with two attached hydrogens (primary N) is 1. The van der Waals surface area contributed by atoms with Crippen molar-refractivity contribution in [1.82, 2.24) is 19.9 Å². The Morgan fingerprint density at radius 2 is 2.38 bits per heavy atom. The van der Waals surface area contributed by atoms with Gasteiger partial charge < -0.3 is 5.73 Å². The van der Waals surface area contributed by atoms with Crippen LogP contribution in [0.2, 0.25) is 0 Å². The average molecular weight is 223 g/mol. The molecular formula is C11H21N5. The molecule has 0 amide bonds. The van der Waals surface area contributed by atoms with Crippen LogP contribution in [0.4, 0.5) is 0 Å². The van der Waals surface area contributed by atoms with Crippen LogP contribution in [0.25, 0.3) is 0 Å². The molecule has 1 aromatic rings. The summed E-state index contributed by atoms with van der Waals surface area (Å²) in [6.45, 7) is 5.29. The minimum absolute atomic E-state index is 0.378. The zero-order valence-electron chi connectivity index (χ0n) is 10.1. The van der Waals surface area contributed by atoms with Gasteiger partial charge in [-0.05, 0) is 12.3 Å². The van der Waals surface area contributed by atoms with Crippen LogP contribution >= 0.6 is 0 Å². The first-order valence-electron chi connectivity index (χ1n) is 6.02. The molecule has 2 unspecified atom stereocenters. The van der Waals surface area contributed by atoms with Crippen LogP contribution in [0.1, 0.15) is 25.5 Å². The Kier molecular flexibility index (Phi) is 3.56. The van der Waals surface area contributed by atoms with Crippen molar-refractivity contribution in [3.8, 4) is 0 Å². The number of hydrogen-bond acceptors (Lipinski definition) is 4. The molecule has 5 heteroatoms. The Morgan fingerprint density at radius 1 is 1.56 bits per heavy atom. The summed E-state index contributed by atoms with van der Waals surface area (Å²) in [5.74, 6) is 0.630. The quantitative estimate of drug-likeness (QED) is 0.804. The fourth-order valence-electron chi connectivity index (χ4n) is 2.40. The van der Waals surface area contributed by atoms with Crippen LogP contribution in [-0.4, -0.2) is 39.0 Å². The fourth-order valence-corrected chi connectivity index (χ4v) is 2.40. The van der Waals surface area contributed by atoms with E-state index in [4.69, 9.17) is 5.73 Å². The van der Waals surface area contributed by atoms with Crippen LogP contribution in [-0.2, 0) is 13.6 Å². The van der Waals surface area contributed by atoms with E-state index < -0.39 is 0 Å². The molecule has 90 valence electrons. The first-order valence-corrected chi connectivity index (χ1v) is 6.02. The Labute approximate surface area is 96.6 Å². The van der Waals surface area contributed by atoms with Gasteiger partial charge in [0.2, 0.25) is 0 Å². The highest BCUT2D eigenvalue weighted by atomic mass is 15.4. The van der Waals surface area contributed by atoms with Crippen molar-refractivity contribution in [3.05, 3.63) is 11.9 Å². The summed E-state index contributed by atoms with van der Waals surface area (Å²) >= 11 is 0. The highest BCUT2D eigenvalue weighted by molar-refractivity contribution is 4.93. The lowest BCUT2D eigenvalue weighted by Gasteiger charge is -2.36. The number of aromatic nitrogens is 3. The van der Waals surface area contributed by atoms with Crippen LogP contribution in [0.15, 0.2) is 6.20 Å². The van der Waals surface area contributed by atoms with Crippen molar-refractivity contribution < 1.29 is 0 Å². The molecule has 5 nitrogen and oxygen atoms in total. The zero-order valence-corrected chi connectivity index (χ0v) is 10.1. The lowest BCUT2D eigenvalue weighted by atomic mass is 9.91. The van der Waals surface area contributed by atoms with Gasteiger partial charge in [-0.25, -0.2) is 0 Å². The van der Waals surface area contributed by atoms with Crippen molar-refractivity contribution in [3.63, 3.8) is 0 Å². The van der Waals surface area contributed by atoms with Crippen LogP contribution in [0, 0.1) is 5.92 Å². The molecule has 2 atom stereocenters. The maximum absolute atomic E-state index is 6.09. The molecule has 0 aliphatic carbocycles. The summed E-state index contributed by atoms with van der Waals surface area (Å²) in [7, 11) is 1.90. The van der Waals surface area contributed by atoms with Gasteiger partial charge in [0, 0.05) is 38.9 Å². The smallest absolute Gasteiger partial charge is 0.0967 e. The molecule has 1 fully saturated rings. The fraction of sp³-hybridized carbons (Fsp3) is 0.818. The van der Waals surface area contributed by atoms with Crippen molar-refractivity contribution in [2.24, 2.45) is 18.7 Å². The molecule has 1 saturated heterocycles. The van der Waals surface area contributed by atoms with Crippen molar-refractivity contribution in [1.29, 1.82) is 0 Å². The normalized spacial score (nSPS) is 27.2. The first kappa shape index (κ1) is 11.5. The summed E-state index contributed by atoms with van der Waals surface area (Å²) in [5, 5.41) is 8.07. The monoisotopic (exact) mass is 223 g/mol. The van der Waals surface area contributed by atoms with Crippen LogP contribution in [0.5, 0.6) is 0 Å². The summed E-state index contributed by atoms with van der Waals surface area (Å²) in [6, 6.07) is 0.378. The number of rotatable bonds is 3. The molecule has 0 spiro atoms. The van der Waals surface area contributed by atoms with Gasteiger partial charge in [-0.2, -0.15) is 0 Å². The molecule has 16 heavy (non-hydrogen) atoms. The second-order valence-electron chi connectivity index (χ2n) is 4.74. The Balaban J connectivity index is 1.91.